The van der Waals surface area contributed by atoms with Crippen LogP contribution in [0.3, 0.4) is 0 Å². The van der Waals surface area contributed by atoms with Gasteiger partial charge in [0.1, 0.15) is 0 Å². The molecule has 0 aromatic heterocycles. The van der Waals surface area contributed by atoms with Crippen molar-refractivity contribution in [2.24, 2.45) is 4.99 Å². The van der Waals surface area contributed by atoms with Gasteiger partial charge in [-0.25, -0.2) is 0 Å². The monoisotopic (exact) mass is 382 g/mol. The summed E-state index contributed by atoms with van der Waals surface area (Å²) in [4.78, 5) is 15.5. The molecule has 1 aliphatic heterocycles. The second-order valence-corrected chi connectivity index (χ2v) is 7.32. The Balaban J connectivity index is 1.65. The van der Waals surface area contributed by atoms with Crippen LogP contribution in [-0.4, -0.2) is 38.0 Å². The lowest BCUT2D eigenvalue weighted by atomic mass is 9.64. The minimum atomic E-state index is -4.34. The molecule has 0 spiro atoms. The number of hydrogen-bond donors (Lipinski definition) is 3. The standard InChI is InChI=1S/C19H25F3N4O/c1-23-17(26-15-6-7-16(27)24-11-15)25-12-18(8-3-9-18)13-4-2-5-14(10-13)19(20,21)22/h2,4-5,10,15H,3,6-9,11-12H2,1H3,(H,24,27)(H2,23,25,26). The molecule has 8 heteroatoms. The first kappa shape index (κ1) is 19.5. The van der Waals surface area contributed by atoms with E-state index >= 15 is 0 Å². The maximum absolute atomic E-state index is 13.1. The van der Waals surface area contributed by atoms with Crippen LogP contribution in [-0.2, 0) is 16.4 Å². The minimum Gasteiger partial charge on any atom is -0.356 e. The van der Waals surface area contributed by atoms with Gasteiger partial charge in [-0.1, -0.05) is 24.6 Å². The van der Waals surface area contributed by atoms with Crippen LogP contribution in [0.1, 0.15) is 43.2 Å². The van der Waals surface area contributed by atoms with Gasteiger partial charge in [0.05, 0.1) is 5.56 Å². The third-order valence-electron chi connectivity index (χ3n) is 5.54. The normalized spacial score (nSPS) is 22.6. The highest BCUT2D eigenvalue weighted by Gasteiger charge is 2.40. The van der Waals surface area contributed by atoms with Gasteiger partial charge in [-0.3, -0.25) is 9.79 Å². The van der Waals surface area contributed by atoms with E-state index in [0.717, 1.165) is 37.3 Å². The molecule has 3 N–H and O–H groups in total. The third kappa shape index (κ3) is 4.54. The van der Waals surface area contributed by atoms with Crippen LogP contribution in [0.25, 0.3) is 0 Å². The predicted molar refractivity (Wildman–Crippen MR) is 97.5 cm³/mol. The fourth-order valence-corrected chi connectivity index (χ4v) is 3.69. The van der Waals surface area contributed by atoms with Crippen molar-refractivity contribution in [1.82, 2.24) is 16.0 Å². The Kier molecular flexibility index (Phi) is 5.62. The van der Waals surface area contributed by atoms with Crippen molar-refractivity contribution in [2.45, 2.75) is 49.7 Å². The number of guanidine groups is 1. The molecule has 0 radical (unpaired) electrons. The number of rotatable bonds is 4. The van der Waals surface area contributed by atoms with E-state index in [9.17, 15) is 18.0 Å². The summed E-state index contributed by atoms with van der Waals surface area (Å²) in [6.07, 6.45) is -0.445. The van der Waals surface area contributed by atoms with Gasteiger partial charge in [0.25, 0.3) is 0 Å². The molecule has 1 saturated heterocycles. The van der Waals surface area contributed by atoms with E-state index in [1.54, 1.807) is 13.1 Å². The molecule has 0 bridgehead atoms. The molecular formula is C19H25F3N4O. The Bertz CT molecular complexity index is 703. The van der Waals surface area contributed by atoms with Crippen LogP contribution in [0, 0.1) is 0 Å². The number of alkyl halides is 3. The highest BCUT2D eigenvalue weighted by molar-refractivity contribution is 5.81. The number of carbonyl (C=O) groups excluding carboxylic acids is 1. The summed E-state index contributed by atoms with van der Waals surface area (Å²) in [6, 6.07) is 5.74. The highest BCUT2D eigenvalue weighted by atomic mass is 19.4. The predicted octanol–water partition coefficient (Wildman–Crippen LogP) is 2.57. The average Bonchev–Trinajstić information content (AvgIpc) is 2.61. The number of hydrogen-bond acceptors (Lipinski definition) is 2. The number of carbonyl (C=O) groups is 1. The van der Waals surface area contributed by atoms with Gasteiger partial charge in [0.2, 0.25) is 5.91 Å². The number of nitrogens with zero attached hydrogens (tertiary/aromatic N) is 1. The van der Waals surface area contributed by atoms with Crippen LogP contribution in [0.2, 0.25) is 0 Å². The maximum atomic E-state index is 13.1. The van der Waals surface area contributed by atoms with Gasteiger partial charge in [0, 0.05) is 38.0 Å². The van der Waals surface area contributed by atoms with Crippen LogP contribution in [0.5, 0.6) is 0 Å². The Morgan fingerprint density at radius 3 is 2.70 bits per heavy atom. The molecule has 1 aromatic carbocycles. The summed E-state index contributed by atoms with van der Waals surface area (Å²) in [5.41, 5.74) is -0.192. The van der Waals surface area contributed by atoms with Crippen molar-refractivity contribution in [3.05, 3.63) is 35.4 Å². The lowest BCUT2D eigenvalue weighted by molar-refractivity contribution is -0.137. The zero-order valence-corrected chi connectivity index (χ0v) is 15.3. The highest BCUT2D eigenvalue weighted by Crippen LogP contribution is 2.44. The van der Waals surface area contributed by atoms with E-state index in [2.05, 4.69) is 20.9 Å². The second-order valence-electron chi connectivity index (χ2n) is 7.32. The molecule has 2 aliphatic rings. The number of benzene rings is 1. The van der Waals surface area contributed by atoms with E-state index in [-0.39, 0.29) is 17.4 Å². The Morgan fingerprint density at radius 1 is 1.37 bits per heavy atom. The zero-order chi connectivity index (χ0) is 19.5. The van der Waals surface area contributed by atoms with Gasteiger partial charge >= 0.3 is 6.18 Å². The van der Waals surface area contributed by atoms with Gasteiger partial charge in [-0.2, -0.15) is 13.2 Å². The van der Waals surface area contributed by atoms with Gasteiger partial charge in [-0.05, 0) is 30.9 Å². The smallest absolute Gasteiger partial charge is 0.356 e. The lowest BCUT2D eigenvalue weighted by Crippen LogP contribution is -2.54. The summed E-state index contributed by atoms with van der Waals surface area (Å²) < 4.78 is 39.2. The molecule has 1 heterocycles. The molecule has 27 heavy (non-hydrogen) atoms. The Morgan fingerprint density at radius 2 is 2.15 bits per heavy atom. The molecule has 1 aromatic rings. The molecule has 2 fully saturated rings. The summed E-state index contributed by atoms with van der Waals surface area (Å²) in [6.45, 7) is 1.06. The fourth-order valence-electron chi connectivity index (χ4n) is 3.69. The molecular weight excluding hydrogens is 357 g/mol. The fraction of sp³-hybridized carbons (Fsp3) is 0.579. The maximum Gasteiger partial charge on any atom is 0.416 e. The van der Waals surface area contributed by atoms with Crippen LogP contribution < -0.4 is 16.0 Å². The molecule has 3 rings (SSSR count). The first-order valence-electron chi connectivity index (χ1n) is 9.24. The van der Waals surface area contributed by atoms with E-state index in [1.807, 2.05) is 0 Å². The van der Waals surface area contributed by atoms with Crippen LogP contribution in [0.4, 0.5) is 13.2 Å². The topological polar surface area (TPSA) is 65.5 Å². The average molecular weight is 382 g/mol. The summed E-state index contributed by atoms with van der Waals surface area (Å²) in [7, 11) is 1.66. The molecule has 1 saturated carbocycles. The molecule has 1 atom stereocenters. The molecule has 148 valence electrons. The number of amides is 1. The molecule has 1 unspecified atom stereocenters. The zero-order valence-electron chi connectivity index (χ0n) is 15.3. The van der Waals surface area contributed by atoms with Crippen molar-refractivity contribution in [3.63, 3.8) is 0 Å². The van der Waals surface area contributed by atoms with Crippen molar-refractivity contribution in [3.8, 4) is 0 Å². The number of nitrogens with one attached hydrogen (secondary N) is 3. The van der Waals surface area contributed by atoms with Crippen molar-refractivity contribution in [1.29, 1.82) is 0 Å². The Labute approximate surface area is 156 Å². The third-order valence-corrected chi connectivity index (χ3v) is 5.54. The van der Waals surface area contributed by atoms with Crippen molar-refractivity contribution < 1.29 is 18.0 Å². The number of aliphatic imine (C=N–C) groups is 1. The van der Waals surface area contributed by atoms with Gasteiger partial charge < -0.3 is 16.0 Å². The summed E-state index contributed by atoms with van der Waals surface area (Å²) in [5, 5.41) is 9.36. The Hall–Kier alpha value is -2.25. The van der Waals surface area contributed by atoms with Gasteiger partial charge in [0.15, 0.2) is 5.96 Å². The lowest BCUT2D eigenvalue weighted by Gasteiger charge is -2.43. The first-order chi connectivity index (χ1) is 12.8. The van der Waals surface area contributed by atoms with Crippen LogP contribution in [0.15, 0.2) is 29.3 Å². The minimum absolute atomic E-state index is 0.0500. The largest absolute Gasteiger partial charge is 0.416 e. The number of piperidine rings is 1. The van der Waals surface area contributed by atoms with E-state index in [0.29, 0.717) is 25.5 Å². The molecule has 5 nitrogen and oxygen atoms in total. The van der Waals surface area contributed by atoms with E-state index in [1.165, 1.54) is 12.1 Å². The first-order valence-corrected chi connectivity index (χ1v) is 9.24. The van der Waals surface area contributed by atoms with Crippen molar-refractivity contribution >= 4 is 11.9 Å². The van der Waals surface area contributed by atoms with E-state index < -0.39 is 11.7 Å². The SMILES string of the molecule is CN=C(NCC1(c2cccc(C(F)(F)F)c2)CCC1)NC1CCC(=O)NC1. The van der Waals surface area contributed by atoms with Crippen molar-refractivity contribution in [2.75, 3.05) is 20.1 Å². The second kappa shape index (κ2) is 7.78. The number of halogens is 3. The summed E-state index contributed by atoms with van der Waals surface area (Å²) >= 11 is 0. The molecule has 1 amide bonds. The molecule has 1 aliphatic carbocycles. The van der Waals surface area contributed by atoms with Gasteiger partial charge in [-0.15, -0.1) is 0 Å². The summed E-state index contributed by atoms with van der Waals surface area (Å²) in [5.74, 6) is 0.656. The van der Waals surface area contributed by atoms with Crippen LogP contribution >= 0.6 is 0 Å². The van der Waals surface area contributed by atoms with E-state index in [4.69, 9.17) is 0 Å². The quantitative estimate of drug-likeness (QED) is 0.554.